The van der Waals surface area contributed by atoms with Crippen LogP contribution in [0.25, 0.3) is 0 Å². The maximum atomic E-state index is 8.81. The number of rotatable bonds is 2. The van der Waals surface area contributed by atoms with Crippen LogP contribution in [-0.2, 0) is 0 Å². The molecule has 0 unspecified atom stereocenters. The largest absolute Gasteiger partial charge is 0.354 e. The predicted octanol–water partition coefficient (Wildman–Crippen LogP) is 4.92. The normalized spacial score (nSPS) is 9.89. The van der Waals surface area contributed by atoms with Crippen LogP contribution in [0, 0.1) is 18.3 Å². The maximum Gasteiger partial charge on any atom is 0.0991 e. The zero-order chi connectivity index (χ0) is 13.1. The molecule has 4 heteroatoms. The molecule has 0 fully saturated rings. The summed E-state index contributed by atoms with van der Waals surface area (Å²) in [5.41, 5.74) is 3.26. The zero-order valence-electron chi connectivity index (χ0n) is 9.67. The van der Waals surface area contributed by atoms with Crippen LogP contribution in [0.2, 0.25) is 10.0 Å². The highest BCUT2D eigenvalue weighted by molar-refractivity contribution is 6.35. The quantitative estimate of drug-likeness (QED) is 0.845. The highest BCUT2D eigenvalue weighted by Gasteiger charge is 2.04. The summed E-state index contributed by atoms with van der Waals surface area (Å²) in [6.07, 6.45) is 0. The van der Waals surface area contributed by atoms with Crippen LogP contribution in [0.4, 0.5) is 11.4 Å². The van der Waals surface area contributed by atoms with Crippen molar-refractivity contribution >= 4 is 34.6 Å². The fourth-order valence-electron chi connectivity index (χ4n) is 1.61. The van der Waals surface area contributed by atoms with E-state index in [0.29, 0.717) is 15.6 Å². The van der Waals surface area contributed by atoms with Gasteiger partial charge in [0.2, 0.25) is 0 Å². The molecule has 2 aromatic rings. The molecule has 1 N–H and O–H groups in total. The van der Waals surface area contributed by atoms with Gasteiger partial charge >= 0.3 is 0 Å². The van der Waals surface area contributed by atoms with E-state index >= 15 is 0 Å². The van der Waals surface area contributed by atoms with E-state index in [-0.39, 0.29) is 0 Å². The molecule has 2 rings (SSSR count). The van der Waals surface area contributed by atoms with Gasteiger partial charge in [0, 0.05) is 10.7 Å². The summed E-state index contributed by atoms with van der Waals surface area (Å²) in [5.74, 6) is 0. The maximum absolute atomic E-state index is 8.81. The minimum absolute atomic E-state index is 0.600. The van der Waals surface area contributed by atoms with Crippen molar-refractivity contribution in [3.8, 4) is 6.07 Å². The molecule has 0 aromatic heterocycles. The van der Waals surface area contributed by atoms with Gasteiger partial charge in [-0.2, -0.15) is 5.26 Å². The lowest BCUT2D eigenvalue weighted by Gasteiger charge is -2.11. The van der Waals surface area contributed by atoms with E-state index in [1.54, 1.807) is 24.3 Å². The number of hydrogen-bond donors (Lipinski definition) is 1. The third-order valence-corrected chi connectivity index (χ3v) is 3.12. The fraction of sp³-hybridized carbons (Fsp3) is 0.0714. The summed E-state index contributed by atoms with van der Waals surface area (Å²) in [7, 11) is 0. The highest BCUT2D eigenvalue weighted by atomic mass is 35.5. The molecule has 2 nitrogen and oxygen atoms in total. The summed E-state index contributed by atoms with van der Waals surface area (Å²) in [5, 5.41) is 13.2. The van der Waals surface area contributed by atoms with Gasteiger partial charge in [-0.25, -0.2) is 0 Å². The number of hydrogen-bond acceptors (Lipinski definition) is 2. The Morgan fingerprint density at radius 2 is 1.83 bits per heavy atom. The van der Waals surface area contributed by atoms with Gasteiger partial charge in [-0.3, -0.25) is 0 Å². The van der Waals surface area contributed by atoms with E-state index < -0.39 is 0 Å². The van der Waals surface area contributed by atoms with Gasteiger partial charge < -0.3 is 5.32 Å². The summed E-state index contributed by atoms with van der Waals surface area (Å²) in [4.78, 5) is 0. The first-order chi connectivity index (χ1) is 8.60. The number of benzene rings is 2. The highest BCUT2D eigenvalue weighted by Crippen LogP contribution is 2.29. The molecular weight excluding hydrogens is 267 g/mol. The van der Waals surface area contributed by atoms with Crippen LogP contribution < -0.4 is 5.32 Å². The number of nitrogens with one attached hydrogen (secondary N) is 1. The Hall–Kier alpha value is -1.69. The molecule has 0 atom stereocenters. The first-order valence-electron chi connectivity index (χ1n) is 5.33. The lowest BCUT2D eigenvalue weighted by molar-refractivity contribution is 1.40. The molecule has 90 valence electrons. The number of nitrogens with zero attached hydrogens (tertiary/aromatic N) is 1. The molecule has 2 aromatic carbocycles. The van der Waals surface area contributed by atoms with Crippen LogP contribution in [0.15, 0.2) is 36.4 Å². The molecule has 0 saturated carbocycles. The van der Waals surface area contributed by atoms with Crippen molar-refractivity contribution in [1.82, 2.24) is 0 Å². The van der Waals surface area contributed by atoms with E-state index in [4.69, 9.17) is 28.5 Å². The molecule has 0 heterocycles. The average molecular weight is 277 g/mol. The van der Waals surface area contributed by atoms with Crippen molar-refractivity contribution in [2.75, 3.05) is 5.32 Å². The van der Waals surface area contributed by atoms with E-state index in [0.717, 1.165) is 16.9 Å². The smallest absolute Gasteiger partial charge is 0.0991 e. The topological polar surface area (TPSA) is 35.8 Å². The van der Waals surface area contributed by atoms with Crippen molar-refractivity contribution in [3.63, 3.8) is 0 Å². The van der Waals surface area contributed by atoms with Crippen molar-refractivity contribution in [1.29, 1.82) is 5.26 Å². The molecule has 0 spiro atoms. The molecule has 0 aliphatic carbocycles. The summed E-state index contributed by atoms with van der Waals surface area (Å²) < 4.78 is 0. The van der Waals surface area contributed by atoms with E-state index in [9.17, 15) is 0 Å². The van der Waals surface area contributed by atoms with Crippen molar-refractivity contribution in [2.24, 2.45) is 0 Å². The first-order valence-corrected chi connectivity index (χ1v) is 6.08. The molecule has 0 aliphatic rings. The van der Waals surface area contributed by atoms with Crippen molar-refractivity contribution in [2.45, 2.75) is 6.92 Å². The average Bonchev–Trinajstić information content (AvgIpc) is 2.36. The van der Waals surface area contributed by atoms with Gasteiger partial charge in [0.1, 0.15) is 0 Å². The summed E-state index contributed by atoms with van der Waals surface area (Å²) >= 11 is 12.0. The van der Waals surface area contributed by atoms with Crippen LogP contribution >= 0.6 is 23.2 Å². The van der Waals surface area contributed by atoms with Gasteiger partial charge in [-0.15, -0.1) is 0 Å². The van der Waals surface area contributed by atoms with Crippen LogP contribution in [0.3, 0.4) is 0 Å². The summed E-state index contributed by atoms with van der Waals surface area (Å²) in [6.45, 7) is 1.93. The van der Waals surface area contributed by atoms with Crippen LogP contribution in [0.5, 0.6) is 0 Å². The van der Waals surface area contributed by atoms with Gasteiger partial charge in [0.05, 0.1) is 22.3 Å². The lowest BCUT2D eigenvalue weighted by Crippen LogP contribution is -1.94. The Morgan fingerprint density at radius 3 is 2.50 bits per heavy atom. The Balaban J connectivity index is 2.34. The minimum Gasteiger partial charge on any atom is -0.354 e. The summed E-state index contributed by atoms with van der Waals surface area (Å²) in [6, 6.07) is 12.8. The third-order valence-electron chi connectivity index (χ3n) is 2.55. The SMILES string of the molecule is Cc1cc(C#N)ccc1Nc1cc(Cl)ccc1Cl. The molecule has 0 amide bonds. The fourth-order valence-corrected chi connectivity index (χ4v) is 1.95. The van der Waals surface area contributed by atoms with Crippen LogP contribution in [-0.4, -0.2) is 0 Å². The first kappa shape index (κ1) is 12.8. The number of nitriles is 1. The lowest BCUT2D eigenvalue weighted by atomic mass is 10.1. The molecule has 18 heavy (non-hydrogen) atoms. The number of anilines is 2. The Morgan fingerprint density at radius 1 is 1.06 bits per heavy atom. The zero-order valence-corrected chi connectivity index (χ0v) is 11.2. The van der Waals surface area contributed by atoms with E-state index in [1.807, 2.05) is 19.1 Å². The van der Waals surface area contributed by atoms with Gasteiger partial charge in [0.15, 0.2) is 0 Å². The Kier molecular flexibility index (Phi) is 3.76. The second kappa shape index (κ2) is 5.30. The van der Waals surface area contributed by atoms with Crippen LogP contribution in [0.1, 0.15) is 11.1 Å². The second-order valence-corrected chi connectivity index (χ2v) is 4.73. The molecular formula is C14H10Cl2N2. The van der Waals surface area contributed by atoms with Crippen molar-refractivity contribution in [3.05, 3.63) is 57.6 Å². The Bertz CT molecular complexity index is 630. The van der Waals surface area contributed by atoms with E-state index in [2.05, 4.69) is 11.4 Å². The van der Waals surface area contributed by atoms with Gasteiger partial charge in [-0.1, -0.05) is 23.2 Å². The van der Waals surface area contributed by atoms with E-state index in [1.165, 1.54) is 0 Å². The van der Waals surface area contributed by atoms with Gasteiger partial charge in [0.25, 0.3) is 0 Å². The predicted molar refractivity (Wildman–Crippen MR) is 75.6 cm³/mol. The monoisotopic (exact) mass is 276 g/mol. The number of halogens is 2. The molecule has 0 saturated heterocycles. The second-order valence-electron chi connectivity index (χ2n) is 3.89. The molecule has 0 radical (unpaired) electrons. The minimum atomic E-state index is 0.600. The third kappa shape index (κ3) is 2.76. The molecule has 0 bridgehead atoms. The molecule has 0 aliphatic heterocycles. The van der Waals surface area contributed by atoms with Crippen molar-refractivity contribution < 1.29 is 0 Å². The Labute approximate surface area is 116 Å². The number of aryl methyl sites for hydroxylation is 1. The van der Waals surface area contributed by atoms with Gasteiger partial charge in [-0.05, 0) is 48.9 Å². The standard InChI is InChI=1S/C14H10Cl2N2/c1-9-6-10(8-17)2-5-13(9)18-14-7-11(15)3-4-12(14)16/h2-7,18H,1H3.